The molecule has 152 valence electrons. The molecule has 0 saturated heterocycles. The van der Waals surface area contributed by atoms with E-state index in [1.807, 2.05) is 0 Å². The second kappa shape index (κ2) is 7.31. The summed E-state index contributed by atoms with van der Waals surface area (Å²) >= 11 is 12.0. The molecule has 0 aromatic heterocycles. The molecule has 0 unspecified atom stereocenters. The number of likely N-dealkylation sites (N-methyl/N-ethyl adjacent to an activating group) is 1. The van der Waals surface area contributed by atoms with E-state index < -0.39 is 21.8 Å². The van der Waals surface area contributed by atoms with Gasteiger partial charge in [-0.25, -0.2) is 12.7 Å². The predicted octanol–water partition coefficient (Wildman–Crippen LogP) is 3.83. The van der Waals surface area contributed by atoms with Crippen LogP contribution in [0.4, 0.5) is 5.69 Å². The SMILES string of the molecule is CN1C(=O)Cc2c(cc3c(c2C(=O)Nc2ccc(Cl)c(Cl)c2)CCCC3)S1(=O)=O. The topological polar surface area (TPSA) is 83.6 Å². The second-order valence-electron chi connectivity index (χ2n) is 7.20. The number of rotatable bonds is 2. The van der Waals surface area contributed by atoms with Crippen molar-refractivity contribution in [2.45, 2.75) is 37.0 Å². The van der Waals surface area contributed by atoms with Gasteiger partial charge in [-0.3, -0.25) is 9.59 Å². The van der Waals surface area contributed by atoms with Gasteiger partial charge in [0.05, 0.1) is 21.4 Å². The van der Waals surface area contributed by atoms with Gasteiger partial charge in [-0.15, -0.1) is 0 Å². The summed E-state index contributed by atoms with van der Waals surface area (Å²) in [5, 5.41) is 3.43. The Bertz CT molecular complexity index is 1160. The lowest BCUT2D eigenvalue weighted by atomic mass is 9.84. The molecule has 2 aliphatic rings. The van der Waals surface area contributed by atoms with Crippen LogP contribution in [-0.4, -0.2) is 31.6 Å². The zero-order valence-corrected chi connectivity index (χ0v) is 17.9. The summed E-state index contributed by atoms with van der Waals surface area (Å²) in [4.78, 5) is 25.6. The van der Waals surface area contributed by atoms with Crippen molar-refractivity contribution in [3.8, 4) is 0 Å². The van der Waals surface area contributed by atoms with Crippen molar-refractivity contribution in [3.05, 3.63) is 56.6 Å². The van der Waals surface area contributed by atoms with Crippen LogP contribution in [-0.2, 0) is 34.1 Å². The fraction of sp³-hybridized carbons (Fsp3) is 0.300. The third-order valence-corrected chi connectivity index (χ3v) is 8.02. The number of sulfonamides is 1. The molecule has 0 radical (unpaired) electrons. The average Bonchev–Trinajstić information content (AvgIpc) is 2.68. The molecule has 1 N–H and O–H groups in total. The summed E-state index contributed by atoms with van der Waals surface area (Å²) in [6.07, 6.45) is 3.05. The molecule has 1 aliphatic carbocycles. The first-order chi connectivity index (χ1) is 13.7. The maximum Gasteiger partial charge on any atom is 0.266 e. The minimum absolute atomic E-state index is 0.0412. The van der Waals surface area contributed by atoms with Crippen LogP contribution in [0.2, 0.25) is 10.0 Å². The van der Waals surface area contributed by atoms with Crippen LogP contribution in [0.15, 0.2) is 29.2 Å². The molecular weight excluding hydrogens is 435 g/mol. The Labute approximate surface area is 178 Å². The van der Waals surface area contributed by atoms with Crippen LogP contribution in [0.3, 0.4) is 0 Å². The van der Waals surface area contributed by atoms with Gasteiger partial charge in [-0.2, -0.15) is 0 Å². The molecule has 9 heteroatoms. The third-order valence-electron chi connectivity index (χ3n) is 5.44. The van der Waals surface area contributed by atoms with E-state index in [1.54, 1.807) is 18.2 Å². The first-order valence-electron chi connectivity index (χ1n) is 9.16. The van der Waals surface area contributed by atoms with Crippen molar-refractivity contribution in [2.24, 2.45) is 0 Å². The van der Waals surface area contributed by atoms with E-state index in [-0.39, 0.29) is 22.4 Å². The number of hydrogen-bond acceptors (Lipinski definition) is 4. The number of hydrogen-bond donors (Lipinski definition) is 1. The quantitative estimate of drug-likeness (QED) is 0.750. The fourth-order valence-electron chi connectivity index (χ4n) is 3.92. The predicted molar refractivity (Wildman–Crippen MR) is 111 cm³/mol. The molecule has 1 aliphatic heterocycles. The number of fused-ring (bicyclic) bond motifs is 2. The monoisotopic (exact) mass is 452 g/mol. The van der Waals surface area contributed by atoms with E-state index in [0.29, 0.717) is 28.6 Å². The highest BCUT2D eigenvalue weighted by Gasteiger charge is 2.38. The van der Waals surface area contributed by atoms with Gasteiger partial charge < -0.3 is 5.32 Å². The summed E-state index contributed by atoms with van der Waals surface area (Å²) in [5.74, 6) is -1.01. The van der Waals surface area contributed by atoms with Crippen LogP contribution < -0.4 is 5.32 Å². The molecule has 2 amide bonds. The molecule has 2 aromatic carbocycles. The van der Waals surface area contributed by atoms with Crippen molar-refractivity contribution in [1.82, 2.24) is 4.31 Å². The number of aryl methyl sites for hydroxylation is 1. The maximum atomic E-state index is 13.2. The number of nitrogens with zero attached hydrogens (tertiary/aromatic N) is 1. The van der Waals surface area contributed by atoms with Crippen LogP contribution in [0.1, 0.15) is 39.9 Å². The van der Waals surface area contributed by atoms with Gasteiger partial charge in [0.15, 0.2) is 0 Å². The minimum atomic E-state index is -3.98. The highest BCUT2D eigenvalue weighted by Crippen LogP contribution is 2.36. The summed E-state index contributed by atoms with van der Waals surface area (Å²) in [5.41, 5.74) is 2.66. The second-order valence-corrected chi connectivity index (χ2v) is 9.95. The standard InChI is InChI=1S/C20H18Cl2N2O4S/c1-24-18(25)10-14-17(29(24,27)28)8-11-4-2-3-5-13(11)19(14)20(26)23-12-6-7-15(21)16(22)9-12/h6-9H,2-5,10H2,1H3,(H,23,26). The van der Waals surface area contributed by atoms with Gasteiger partial charge in [-0.1, -0.05) is 23.2 Å². The molecule has 0 fully saturated rings. The van der Waals surface area contributed by atoms with E-state index in [1.165, 1.54) is 13.1 Å². The normalized spacial score (nSPS) is 17.5. The lowest BCUT2D eigenvalue weighted by Gasteiger charge is -2.30. The lowest BCUT2D eigenvalue weighted by Crippen LogP contribution is -2.40. The smallest absolute Gasteiger partial charge is 0.266 e. The molecule has 29 heavy (non-hydrogen) atoms. The number of nitrogens with one attached hydrogen (secondary N) is 1. The Morgan fingerprint density at radius 2 is 1.79 bits per heavy atom. The average molecular weight is 453 g/mol. The first kappa shape index (κ1) is 20.2. The Balaban J connectivity index is 1.88. The van der Waals surface area contributed by atoms with E-state index >= 15 is 0 Å². The van der Waals surface area contributed by atoms with Crippen molar-refractivity contribution >= 4 is 50.7 Å². The summed E-state index contributed by atoms with van der Waals surface area (Å²) in [6, 6.07) is 6.35. The zero-order valence-electron chi connectivity index (χ0n) is 15.6. The highest BCUT2D eigenvalue weighted by molar-refractivity contribution is 7.89. The van der Waals surface area contributed by atoms with E-state index in [9.17, 15) is 18.0 Å². The van der Waals surface area contributed by atoms with E-state index in [2.05, 4.69) is 5.32 Å². The van der Waals surface area contributed by atoms with Gasteiger partial charge >= 0.3 is 0 Å². The number of anilines is 1. The molecule has 0 atom stereocenters. The largest absolute Gasteiger partial charge is 0.322 e. The van der Waals surface area contributed by atoms with Gasteiger partial charge in [0.1, 0.15) is 0 Å². The molecule has 2 aromatic rings. The first-order valence-corrected chi connectivity index (χ1v) is 11.4. The van der Waals surface area contributed by atoms with Crippen LogP contribution >= 0.6 is 23.2 Å². The fourth-order valence-corrected chi connectivity index (χ4v) is 5.62. The van der Waals surface area contributed by atoms with E-state index in [0.717, 1.165) is 28.3 Å². The summed E-state index contributed by atoms with van der Waals surface area (Å²) in [6.45, 7) is 0. The number of carbonyl (C=O) groups excluding carboxylic acids is 2. The van der Waals surface area contributed by atoms with Crippen LogP contribution in [0.25, 0.3) is 0 Å². The molecular formula is C20H18Cl2N2O4S. The number of carbonyl (C=O) groups is 2. The Morgan fingerprint density at radius 1 is 1.07 bits per heavy atom. The van der Waals surface area contributed by atoms with Gasteiger partial charge in [-0.05, 0) is 66.6 Å². The summed E-state index contributed by atoms with van der Waals surface area (Å²) < 4.78 is 26.5. The zero-order chi connectivity index (χ0) is 20.9. The number of halogens is 2. The number of benzene rings is 2. The minimum Gasteiger partial charge on any atom is -0.322 e. The Kier molecular flexibility index (Phi) is 5.09. The molecule has 0 spiro atoms. The van der Waals surface area contributed by atoms with Crippen molar-refractivity contribution in [1.29, 1.82) is 0 Å². The Hall–Kier alpha value is -2.09. The lowest BCUT2D eigenvalue weighted by molar-refractivity contribution is -0.125. The van der Waals surface area contributed by atoms with Gasteiger partial charge in [0.2, 0.25) is 5.91 Å². The van der Waals surface area contributed by atoms with Crippen molar-refractivity contribution in [3.63, 3.8) is 0 Å². The third kappa shape index (κ3) is 3.41. The molecule has 4 rings (SSSR count). The Morgan fingerprint density at radius 3 is 2.52 bits per heavy atom. The molecule has 0 saturated carbocycles. The highest BCUT2D eigenvalue weighted by atomic mass is 35.5. The number of amides is 2. The maximum absolute atomic E-state index is 13.2. The van der Waals surface area contributed by atoms with Crippen LogP contribution in [0.5, 0.6) is 0 Å². The molecule has 1 heterocycles. The van der Waals surface area contributed by atoms with Crippen LogP contribution in [0, 0.1) is 0 Å². The van der Waals surface area contributed by atoms with Crippen molar-refractivity contribution in [2.75, 3.05) is 12.4 Å². The summed E-state index contributed by atoms with van der Waals surface area (Å²) in [7, 11) is -2.73. The van der Waals surface area contributed by atoms with Gasteiger partial charge in [0.25, 0.3) is 15.9 Å². The molecule has 0 bridgehead atoms. The molecule has 6 nitrogen and oxygen atoms in total. The van der Waals surface area contributed by atoms with E-state index in [4.69, 9.17) is 23.2 Å². The van der Waals surface area contributed by atoms with Crippen molar-refractivity contribution < 1.29 is 18.0 Å². The van der Waals surface area contributed by atoms with Gasteiger partial charge in [0, 0.05) is 18.3 Å².